The van der Waals surface area contributed by atoms with Crippen molar-refractivity contribution in [2.45, 2.75) is 64.2 Å². The van der Waals surface area contributed by atoms with E-state index in [1.807, 2.05) is 39.8 Å². The van der Waals surface area contributed by atoms with Crippen LogP contribution in [0.1, 0.15) is 86.3 Å². The molecule has 0 aromatic heterocycles. The van der Waals surface area contributed by atoms with Crippen LogP contribution in [0, 0.1) is 0 Å². The Balaban J connectivity index is 2.62. The zero-order chi connectivity index (χ0) is 20.4. The van der Waals surface area contributed by atoms with Crippen LogP contribution in [0.4, 0.5) is 0 Å². The topological polar surface area (TPSA) is 63.2 Å². The van der Waals surface area contributed by atoms with E-state index in [-0.39, 0.29) is 22.6 Å². The van der Waals surface area contributed by atoms with Gasteiger partial charge in [0.05, 0.1) is 4.90 Å². The Bertz CT molecular complexity index is 885. The van der Waals surface area contributed by atoms with Crippen molar-refractivity contribution in [3.63, 3.8) is 0 Å². The number of nitrogens with one attached hydrogen (secondary N) is 1. The molecule has 0 atom stereocenters. The lowest BCUT2D eigenvalue weighted by Gasteiger charge is -2.22. The number of benzene rings is 2. The van der Waals surface area contributed by atoms with Crippen molar-refractivity contribution < 1.29 is 13.2 Å². The second-order valence-electron chi connectivity index (χ2n) is 7.79. The summed E-state index contributed by atoms with van der Waals surface area (Å²) in [5.74, 6) is -0.303. The van der Waals surface area contributed by atoms with Crippen molar-refractivity contribution in [2.75, 3.05) is 0 Å². The normalized spacial score (nSPS) is 12.0. The highest BCUT2D eigenvalue weighted by Gasteiger charge is 2.28. The minimum atomic E-state index is -4.00. The second kappa shape index (κ2) is 8.26. The lowest BCUT2D eigenvalue weighted by atomic mass is 9.89. The lowest BCUT2D eigenvalue weighted by Crippen LogP contribution is -2.32. The smallest absolute Gasteiger partial charge is 0.264 e. The SMILES string of the molecule is CC(C)c1cc(C(C)C)c(S(=O)(=O)NC(=O)c2ccccc2)c(C(C)C)c1. The molecule has 4 nitrogen and oxygen atoms in total. The van der Waals surface area contributed by atoms with E-state index in [1.54, 1.807) is 30.3 Å². The summed E-state index contributed by atoms with van der Waals surface area (Å²) in [5, 5.41) is 0. The molecule has 0 bridgehead atoms. The molecule has 5 heteroatoms. The Kier molecular flexibility index (Phi) is 6.47. The quantitative estimate of drug-likeness (QED) is 0.743. The average molecular weight is 388 g/mol. The van der Waals surface area contributed by atoms with Gasteiger partial charge in [-0.1, -0.05) is 71.9 Å². The van der Waals surface area contributed by atoms with Gasteiger partial charge >= 0.3 is 0 Å². The Morgan fingerprint density at radius 2 is 1.30 bits per heavy atom. The first-order chi connectivity index (χ1) is 12.5. The predicted octanol–water partition coefficient (Wildman–Crippen LogP) is 5.18. The summed E-state index contributed by atoms with van der Waals surface area (Å²) in [5.41, 5.74) is 2.92. The summed E-state index contributed by atoms with van der Waals surface area (Å²) in [6, 6.07) is 12.3. The van der Waals surface area contributed by atoms with Gasteiger partial charge in [0.1, 0.15) is 0 Å². The molecular formula is C22H29NO3S. The Labute approximate surface area is 163 Å². The van der Waals surface area contributed by atoms with Crippen LogP contribution in [-0.2, 0) is 10.0 Å². The number of carbonyl (C=O) groups is 1. The van der Waals surface area contributed by atoms with Crippen LogP contribution < -0.4 is 4.72 Å². The third-order valence-corrected chi connectivity index (χ3v) is 6.07. The largest absolute Gasteiger partial charge is 0.268 e. The molecule has 0 heterocycles. The fraction of sp³-hybridized carbons (Fsp3) is 0.409. The maximum atomic E-state index is 13.2. The average Bonchev–Trinajstić information content (AvgIpc) is 2.60. The van der Waals surface area contributed by atoms with Gasteiger partial charge in [0.25, 0.3) is 15.9 Å². The Morgan fingerprint density at radius 3 is 1.70 bits per heavy atom. The maximum absolute atomic E-state index is 13.2. The molecule has 1 amide bonds. The number of hydrogen-bond acceptors (Lipinski definition) is 3. The molecule has 0 spiro atoms. The van der Waals surface area contributed by atoms with Gasteiger partial charge in [-0.15, -0.1) is 0 Å². The summed E-state index contributed by atoms with van der Waals surface area (Å²) in [6.07, 6.45) is 0. The predicted molar refractivity (Wildman–Crippen MR) is 110 cm³/mol. The molecule has 2 aromatic rings. The zero-order valence-corrected chi connectivity index (χ0v) is 17.7. The van der Waals surface area contributed by atoms with Crippen molar-refractivity contribution >= 4 is 15.9 Å². The number of sulfonamides is 1. The molecule has 0 unspecified atom stereocenters. The van der Waals surface area contributed by atoms with E-state index in [2.05, 4.69) is 18.6 Å². The molecule has 2 rings (SSSR count). The Hall–Kier alpha value is -2.14. The van der Waals surface area contributed by atoms with Gasteiger partial charge in [-0.3, -0.25) is 4.79 Å². The zero-order valence-electron chi connectivity index (χ0n) is 16.9. The highest BCUT2D eigenvalue weighted by atomic mass is 32.2. The molecule has 2 aromatic carbocycles. The monoisotopic (exact) mass is 387 g/mol. The van der Waals surface area contributed by atoms with Crippen LogP contribution in [-0.4, -0.2) is 14.3 Å². The van der Waals surface area contributed by atoms with Crippen molar-refractivity contribution in [1.29, 1.82) is 0 Å². The molecule has 27 heavy (non-hydrogen) atoms. The number of rotatable bonds is 6. The fourth-order valence-corrected chi connectivity index (χ4v) is 4.70. The summed E-state index contributed by atoms with van der Waals surface area (Å²) in [6.45, 7) is 12.1. The van der Waals surface area contributed by atoms with Gasteiger partial charge in [0.15, 0.2) is 0 Å². The van der Waals surface area contributed by atoms with Crippen LogP contribution in [0.2, 0.25) is 0 Å². The number of hydrogen-bond donors (Lipinski definition) is 1. The van der Waals surface area contributed by atoms with Crippen molar-refractivity contribution in [3.05, 3.63) is 64.7 Å². The van der Waals surface area contributed by atoms with E-state index in [0.717, 1.165) is 16.7 Å². The number of carbonyl (C=O) groups excluding carboxylic acids is 1. The van der Waals surface area contributed by atoms with Crippen LogP contribution in [0.3, 0.4) is 0 Å². The lowest BCUT2D eigenvalue weighted by molar-refractivity contribution is 0.0981. The van der Waals surface area contributed by atoms with E-state index < -0.39 is 15.9 Å². The summed E-state index contributed by atoms with van der Waals surface area (Å²) < 4.78 is 28.7. The molecule has 0 aliphatic rings. The summed E-state index contributed by atoms with van der Waals surface area (Å²) in [7, 11) is -4.00. The molecule has 0 fully saturated rings. The van der Waals surface area contributed by atoms with Gasteiger partial charge in [0, 0.05) is 5.56 Å². The van der Waals surface area contributed by atoms with Crippen LogP contribution in [0.25, 0.3) is 0 Å². The maximum Gasteiger partial charge on any atom is 0.264 e. The molecule has 1 N–H and O–H groups in total. The first-order valence-electron chi connectivity index (χ1n) is 9.34. The van der Waals surface area contributed by atoms with E-state index in [0.29, 0.717) is 5.56 Å². The minimum Gasteiger partial charge on any atom is -0.268 e. The van der Waals surface area contributed by atoms with E-state index in [4.69, 9.17) is 0 Å². The minimum absolute atomic E-state index is 0.0135. The Morgan fingerprint density at radius 1 is 0.815 bits per heavy atom. The first-order valence-corrected chi connectivity index (χ1v) is 10.8. The van der Waals surface area contributed by atoms with Gasteiger partial charge in [-0.05, 0) is 46.6 Å². The third kappa shape index (κ3) is 4.78. The van der Waals surface area contributed by atoms with Crippen molar-refractivity contribution in [1.82, 2.24) is 4.72 Å². The molecule has 0 aliphatic heterocycles. The van der Waals surface area contributed by atoms with E-state index in [1.165, 1.54) is 0 Å². The highest BCUT2D eigenvalue weighted by Crippen LogP contribution is 2.35. The van der Waals surface area contributed by atoms with Crippen LogP contribution >= 0.6 is 0 Å². The summed E-state index contributed by atoms with van der Waals surface area (Å²) in [4.78, 5) is 12.7. The molecule has 146 valence electrons. The van der Waals surface area contributed by atoms with Gasteiger partial charge in [-0.2, -0.15) is 0 Å². The van der Waals surface area contributed by atoms with Gasteiger partial charge < -0.3 is 0 Å². The van der Waals surface area contributed by atoms with E-state index >= 15 is 0 Å². The van der Waals surface area contributed by atoms with Crippen molar-refractivity contribution in [3.8, 4) is 0 Å². The summed E-state index contributed by atoms with van der Waals surface area (Å²) >= 11 is 0. The standard InChI is InChI=1S/C22H29NO3S/c1-14(2)18-12-19(15(3)4)21(20(13-18)16(5)6)27(25,26)23-22(24)17-10-8-7-9-11-17/h7-16H,1-6H3,(H,23,24). The van der Waals surface area contributed by atoms with Gasteiger partial charge in [-0.25, -0.2) is 13.1 Å². The molecule has 0 aliphatic carbocycles. The van der Waals surface area contributed by atoms with E-state index in [9.17, 15) is 13.2 Å². The third-order valence-electron chi connectivity index (χ3n) is 4.61. The highest BCUT2D eigenvalue weighted by molar-refractivity contribution is 7.90. The fourth-order valence-electron chi connectivity index (χ4n) is 3.02. The first kappa shape index (κ1) is 21.2. The van der Waals surface area contributed by atoms with Gasteiger partial charge in [0.2, 0.25) is 0 Å². The molecular weight excluding hydrogens is 358 g/mol. The molecule has 0 radical (unpaired) electrons. The molecule has 0 saturated heterocycles. The van der Waals surface area contributed by atoms with Crippen LogP contribution in [0.5, 0.6) is 0 Å². The van der Waals surface area contributed by atoms with Crippen LogP contribution in [0.15, 0.2) is 47.4 Å². The second-order valence-corrected chi connectivity index (χ2v) is 9.41. The number of amides is 1. The molecule has 0 saturated carbocycles. The van der Waals surface area contributed by atoms with Crippen molar-refractivity contribution in [2.24, 2.45) is 0 Å².